The largest absolute Gasteiger partial charge is 0.312 e. The van der Waals surface area contributed by atoms with Crippen LogP contribution in [0.1, 0.15) is 19.3 Å². The minimum atomic E-state index is -0.537. The zero-order chi connectivity index (χ0) is 7.90. The van der Waals surface area contributed by atoms with E-state index in [1.807, 2.05) is 0 Å². The molecule has 11 heavy (non-hydrogen) atoms. The van der Waals surface area contributed by atoms with Crippen molar-refractivity contribution in [3.8, 4) is 6.07 Å². The molecule has 2 rings (SSSR count). The average Bonchev–Trinajstić information content (AvgIpc) is 2.46. The van der Waals surface area contributed by atoms with E-state index < -0.39 is 5.54 Å². The monoisotopic (exact) mass is 151 g/mol. The van der Waals surface area contributed by atoms with Crippen LogP contribution in [0, 0.1) is 11.3 Å². The van der Waals surface area contributed by atoms with Gasteiger partial charge in [-0.1, -0.05) is 0 Å². The summed E-state index contributed by atoms with van der Waals surface area (Å²) in [6.45, 7) is 1.93. The summed E-state index contributed by atoms with van der Waals surface area (Å²) in [5.41, 5.74) is 5.31. The molecule has 3 nitrogen and oxygen atoms in total. The number of hydrogen-bond donors (Lipinski definition) is 1. The molecule has 2 unspecified atom stereocenters. The molecule has 2 aliphatic heterocycles. The summed E-state index contributed by atoms with van der Waals surface area (Å²) in [6, 6.07) is 2.82. The lowest BCUT2D eigenvalue weighted by Gasteiger charge is -2.14. The summed E-state index contributed by atoms with van der Waals surface area (Å²) in [5, 5.41) is 8.78. The molecule has 0 radical (unpaired) electrons. The van der Waals surface area contributed by atoms with Crippen LogP contribution in [0.25, 0.3) is 0 Å². The molecule has 2 N–H and O–H groups in total. The summed E-state index contributed by atoms with van der Waals surface area (Å²) in [5.74, 6) is 0. The van der Waals surface area contributed by atoms with Crippen molar-refractivity contribution in [1.82, 2.24) is 4.90 Å². The highest BCUT2D eigenvalue weighted by Gasteiger charge is 2.43. The molecule has 2 aliphatic rings. The topological polar surface area (TPSA) is 53.1 Å². The number of rotatable bonds is 0. The molecule has 0 amide bonds. The first-order valence-electron chi connectivity index (χ1n) is 4.18. The summed E-state index contributed by atoms with van der Waals surface area (Å²) < 4.78 is 0. The first-order chi connectivity index (χ1) is 5.23. The molecule has 2 heterocycles. The minimum Gasteiger partial charge on any atom is -0.312 e. The zero-order valence-corrected chi connectivity index (χ0v) is 6.58. The smallest absolute Gasteiger partial charge is 0.118 e. The predicted molar refractivity (Wildman–Crippen MR) is 41.7 cm³/mol. The molecule has 2 saturated heterocycles. The Balaban J connectivity index is 2.11. The van der Waals surface area contributed by atoms with E-state index >= 15 is 0 Å². The normalized spacial score (nSPS) is 43.8. The fourth-order valence-corrected chi connectivity index (χ4v) is 2.26. The summed E-state index contributed by atoms with van der Waals surface area (Å²) in [6.07, 6.45) is 3.40. The second-order valence-corrected chi connectivity index (χ2v) is 3.74. The molecule has 0 bridgehead atoms. The van der Waals surface area contributed by atoms with Gasteiger partial charge in [0, 0.05) is 12.6 Å². The summed E-state index contributed by atoms with van der Waals surface area (Å²) in [7, 11) is 0. The maximum atomic E-state index is 8.78. The van der Waals surface area contributed by atoms with Crippen molar-refractivity contribution >= 4 is 0 Å². The van der Waals surface area contributed by atoms with Crippen LogP contribution in [-0.2, 0) is 0 Å². The fraction of sp³-hybridized carbons (Fsp3) is 0.875. The minimum absolute atomic E-state index is 0.537. The summed E-state index contributed by atoms with van der Waals surface area (Å²) in [4.78, 5) is 2.35. The van der Waals surface area contributed by atoms with Gasteiger partial charge in [-0.3, -0.25) is 4.90 Å². The standard InChI is InChI=1S/C8H13N3/c9-5-8(10)4-7-2-1-3-11(7)6-8/h7H,1-4,6,10H2. The van der Waals surface area contributed by atoms with Gasteiger partial charge in [0.15, 0.2) is 0 Å². The molecule has 0 aliphatic carbocycles. The van der Waals surface area contributed by atoms with E-state index in [2.05, 4.69) is 11.0 Å². The Morgan fingerprint density at radius 2 is 2.45 bits per heavy atom. The lowest BCUT2D eigenvalue weighted by Crippen LogP contribution is -2.41. The number of nitrogens with zero attached hydrogens (tertiary/aromatic N) is 2. The third kappa shape index (κ3) is 1.03. The van der Waals surface area contributed by atoms with Crippen molar-refractivity contribution in [1.29, 1.82) is 5.26 Å². The Morgan fingerprint density at radius 1 is 1.64 bits per heavy atom. The number of fused-ring (bicyclic) bond motifs is 1. The molecule has 2 atom stereocenters. The molecule has 2 fully saturated rings. The Morgan fingerprint density at radius 3 is 3.09 bits per heavy atom. The van der Waals surface area contributed by atoms with E-state index in [1.54, 1.807) is 0 Å². The van der Waals surface area contributed by atoms with Gasteiger partial charge in [0.25, 0.3) is 0 Å². The van der Waals surface area contributed by atoms with Crippen LogP contribution in [0.4, 0.5) is 0 Å². The molecule has 3 heteroatoms. The highest BCUT2D eigenvalue weighted by atomic mass is 15.2. The predicted octanol–water partition coefficient (Wildman–Crippen LogP) is 0.0756. The van der Waals surface area contributed by atoms with E-state index in [4.69, 9.17) is 11.0 Å². The van der Waals surface area contributed by atoms with Gasteiger partial charge in [0.2, 0.25) is 0 Å². The van der Waals surface area contributed by atoms with Crippen molar-refractivity contribution in [3.05, 3.63) is 0 Å². The third-order valence-electron chi connectivity index (χ3n) is 2.81. The Kier molecular flexibility index (Phi) is 1.41. The van der Waals surface area contributed by atoms with Crippen molar-refractivity contribution < 1.29 is 0 Å². The van der Waals surface area contributed by atoms with Crippen molar-refractivity contribution in [2.45, 2.75) is 30.8 Å². The number of nitrogens with two attached hydrogens (primary N) is 1. The van der Waals surface area contributed by atoms with E-state index in [9.17, 15) is 0 Å². The lowest BCUT2D eigenvalue weighted by molar-refractivity contribution is 0.318. The first-order valence-corrected chi connectivity index (χ1v) is 4.18. The van der Waals surface area contributed by atoms with E-state index in [0.717, 1.165) is 19.5 Å². The van der Waals surface area contributed by atoms with Crippen molar-refractivity contribution in [2.75, 3.05) is 13.1 Å². The molecular formula is C8H13N3. The highest BCUT2D eigenvalue weighted by molar-refractivity contribution is 5.14. The molecule has 0 saturated carbocycles. The highest BCUT2D eigenvalue weighted by Crippen LogP contribution is 2.31. The Labute approximate surface area is 66.8 Å². The first kappa shape index (κ1) is 7.08. The quantitative estimate of drug-likeness (QED) is 0.533. The third-order valence-corrected chi connectivity index (χ3v) is 2.81. The van der Waals surface area contributed by atoms with Gasteiger partial charge in [-0.2, -0.15) is 5.26 Å². The fourth-order valence-electron chi connectivity index (χ4n) is 2.26. The van der Waals surface area contributed by atoms with Gasteiger partial charge in [-0.25, -0.2) is 0 Å². The summed E-state index contributed by atoms with van der Waals surface area (Å²) >= 11 is 0. The molecular weight excluding hydrogens is 138 g/mol. The van der Waals surface area contributed by atoms with E-state index in [-0.39, 0.29) is 0 Å². The van der Waals surface area contributed by atoms with Gasteiger partial charge >= 0.3 is 0 Å². The Bertz CT molecular complexity index is 194. The maximum Gasteiger partial charge on any atom is 0.118 e. The van der Waals surface area contributed by atoms with E-state index in [0.29, 0.717) is 6.04 Å². The lowest BCUT2D eigenvalue weighted by atomic mass is 9.98. The zero-order valence-electron chi connectivity index (χ0n) is 6.58. The van der Waals surface area contributed by atoms with Crippen LogP contribution >= 0.6 is 0 Å². The molecule has 0 aromatic carbocycles. The van der Waals surface area contributed by atoms with Gasteiger partial charge in [-0.05, 0) is 25.8 Å². The average molecular weight is 151 g/mol. The van der Waals surface area contributed by atoms with Crippen molar-refractivity contribution in [2.24, 2.45) is 5.73 Å². The van der Waals surface area contributed by atoms with Crippen LogP contribution in [0.15, 0.2) is 0 Å². The van der Waals surface area contributed by atoms with Crippen LogP contribution in [-0.4, -0.2) is 29.6 Å². The number of nitriles is 1. The second kappa shape index (κ2) is 2.20. The number of hydrogen-bond acceptors (Lipinski definition) is 3. The van der Waals surface area contributed by atoms with Crippen molar-refractivity contribution in [3.63, 3.8) is 0 Å². The van der Waals surface area contributed by atoms with E-state index in [1.165, 1.54) is 12.8 Å². The van der Waals surface area contributed by atoms with Crippen LogP contribution in [0.3, 0.4) is 0 Å². The van der Waals surface area contributed by atoms with Crippen LogP contribution in [0.5, 0.6) is 0 Å². The maximum absolute atomic E-state index is 8.78. The molecule has 60 valence electrons. The van der Waals surface area contributed by atoms with Crippen LogP contribution in [0.2, 0.25) is 0 Å². The molecule has 0 aromatic heterocycles. The Hall–Kier alpha value is -0.590. The van der Waals surface area contributed by atoms with Gasteiger partial charge in [0.1, 0.15) is 5.54 Å². The second-order valence-electron chi connectivity index (χ2n) is 3.74. The molecule has 0 aromatic rings. The van der Waals surface area contributed by atoms with Gasteiger partial charge in [0.05, 0.1) is 6.07 Å². The molecule has 0 spiro atoms. The van der Waals surface area contributed by atoms with Gasteiger partial charge in [-0.15, -0.1) is 0 Å². The van der Waals surface area contributed by atoms with Crippen LogP contribution < -0.4 is 5.73 Å². The SMILES string of the molecule is N#CC1(N)CC2CCCN2C1. The van der Waals surface area contributed by atoms with Gasteiger partial charge < -0.3 is 5.73 Å².